The van der Waals surface area contributed by atoms with Crippen molar-refractivity contribution < 1.29 is 9.53 Å². The average molecular weight is 327 g/mol. The molecule has 22 heavy (non-hydrogen) atoms. The van der Waals surface area contributed by atoms with E-state index in [-0.39, 0.29) is 31.0 Å². The molecule has 1 aliphatic rings. The normalized spacial score (nSPS) is 16.5. The highest BCUT2D eigenvalue weighted by atomic mass is 35.5. The first-order chi connectivity index (χ1) is 10.2. The van der Waals surface area contributed by atoms with Crippen LogP contribution < -0.4 is 15.8 Å². The fourth-order valence-corrected chi connectivity index (χ4v) is 3.01. The van der Waals surface area contributed by atoms with Gasteiger partial charge < -0.3 is 15.8 Å². The van der Waals surface area contributed by atoms with Crippen LogP contribution in [0, 0.1) is 12.8 Å². The number of carbonyl (C=O) groups is 1. The van der Waals surface area contributed by atoms with Gasteiger partial charge in [0.15, 0.2) is 6.61 Å². The van der Waals surface area contributed by atoms with Crippen LogP contribution in [0.2, 0.25) is 0 Å². The van der Waals surface area contributed by atoms with E-state index in [0.717, 1.165) is 11.3 Å². The summed E-state index contributed by atoms with van der Waals surface area (Å²) in [5.41, 5.74) is 6.94. The molecule has 1 amide bonds. The summed E-state index contributed by atoms with van der Waals surface area (Å²) in [5.74, 6) is 1.16. The summed E-state index contributed by atoms with van der Waals surface area (Å²) in [5, 5.41) is 3.03. The maximum Gasteiger partial charge on any atom is 0.258 e. The first-order valence-electron chi connectivity index (χ1n) is 7.88. The van der Waals surface area contributed by atoms with Gasteiger partial charge in [0.1, 0.15) is 5.75 Å². The molecule has 1 fully saturated rings. The third-order valence-corrected chi connectivity index (χ3v) is 4.18. The maximum atomic E-state index is 12.0. The van der Waals surface area contributed by atoms with Gasteiger partial charge in [-0.2, -0.15) is 0 Å². The zero-order valence-electron chi connectivity index (χ0n) is 13.2. The average Bonchev–Trinajstić information content (AvgIpc) is 2.51. The Balaban J connectivity index is 0.00000242. The van der Waals surface area contributed by atoms with Crippen molar-refractivity contribution in [3.05, 3.63) is 29.8 Å². The number of hydrogen-bond donors (Lipinski definition) is 2. The van der Waals surface area contributed by atoms with Gasteiger partial charge in [0.2, 0.25) is 0 Å². The van der Waals surface area contributed by atoms with E-state index < -0.39 is 0 Å². The second kappa shape index (κ2) is 9.70. The Hall–Kier alpha value is -1.26. The highest BCUT2D eigenvalue weighted by Crippen LogP contribution is 2.26. The lowest BCUT2D eigenvalue weighted by Crippen LogP contribution is -2.47. The molecular weight excluding hydrogens is 300 g/mol. The summed E-state index contributed by atoms with van der Waals surface area (Å²) in [6, 6.07) is 7.80. The van der Waals surface area contributed by atoms with E-state index in [4.69, 9.17) is 10.5 Å². The van der Waals surface area contributed by atoms with Crippen molar-refractivity contribution in [3.63, 3.8) is 0 Å². The first kappa shape index (κ1) is 18.8. The van der Waals surface area contributed by atoms with Gasteiger partial charge in [0.05, 0.1) is 0 Å². The van der Waals surface area contributed by atoms with Crippen molar-refractivity contribution in [3.8, 4) is 5.75 Å². The van der Waals surface area contributed by atoms with Crippen LogP contribution in [0.3, 0.4) is 0 Å². The molecule has 3 N–H and O–H groups in total. The Morgan fingerprint density at radius 1 is 1.36 bits per heavy atom. The highest BCUT2D eigenvalue weighted by Gasteiger charge is 2.23. The molecule has 0 saturated heterocycles. The molecule has 0 aliphatic heterocycles. The number of amides is 1. The minimum atomic E-state index is -0.0856. The Bertz CT molecular complexity index is 462. The number of benzene rings is 1. The summed E-state index contributed by atoms with van der Waals surface area (Å²) in [4.78, 5) is 12.0. The number of aryl methyl sites for hydroxylation is 1. The molecule has 2 rings (SSSR count). The molecule has 124 valence electrons. The monoisotopic (exact) mass is 326 g/mol. The van der Waals surface area contributed by atoms with Crippen LogP contribution in [0.1, 0.15) is 37.7 Å². The van der Waals surface area contributed by atoms with E-state index >= 15 is 0 Å². The zero-order valence-corrected chi connectivity index (χ0v) is 14.0. The third-order valence-electron chi connectivity index (χ3n) is 4.18. The summed E-state index contributed by atoms with van der Waals surface area (Å²) in [6.07, 6.45) is 6.13. The van der Waals surface area contributed by atoms with Crippen LogP contribution >= 0.6 is 12.4 Å². The largest absolute Gasteiger partial charge is 0.484 e. The van der Waals surface area contributed by atoms with Crippen molar-refractivity contribution in [2.24, 2.45) is 11.7 Å². The summed E-state index contributed by atoms with van der Waals surface area (Å²) >= 11 is 0. The van der Waals surface area contributed by atoms with E-state index in [1.807, 2.05) is 31.2 Å². The van der Waals surface area contributed by atoms with Gasteiger partial charge in [0.25, 0.3) is 5.91 Å². The van der Waals surface area contributed by atoms with Gasteiger partial charge in [-0.3, -0.25) is 4.79 Å². The van der Waals surface area contributed by atoms with Crippen molar-refractivity contribution in [2.75, 3.05) is 13.2 Å². The standard InChI is InChI=1S/C17H26N2O2.ClH/c1-13-6-5-9-15(10-13)21-12-17(20)19-16(11-18)14-7-3-2-4-8-14;/h5-6,9-10,14,16H,2-4,7-8,11-12,18H2,1H3,(H,19,20);1H. The zero-order chi connectivity index (χ0) is 15.1. The molecule has 0 bridgehead atoms. The first-order valence-corrected chi connectivity index (χ1v) is 7.88. The smallest absolute Gasteiger partial charge is 0.258 e. The molecule has 1 aromatic rings. The maximum absolute atomic E-state index is 12.0. The van der Waals surface area contributed by atoms with Crippen molar-refractivity contribution in [1.29, 1.82) is 0 Å². The quantitative estimate of drug-likeness (QED) is 0.845. The third kappa shape index (κ3) is 5.85. The number of rotatable bonds is 6. The Morgan fingerprint density at radius 3 is 2.73 bits per heavy atom. The molecule has 5 heteroatoms. The SMILES string of the molecule is Cc1cccc(OCC(=O)NC(CN)C2CCCCC2)c1.Cl. The summed E-state index contributed by atoms with van der Waals surface area (Å²) in [7, 11) is 0. The second-order valence-corrected chi connectivity index (χ2v) is 5.91. The van der Waals surface area contributed by atoms with Crippen molar-refractivity contribution in [2.45, 2.75) is 45.1 Å². The van der Waals surface area contributed by atoms with Gasteiger partial charge in [0, 0.05) is 12.6 Å². The van der Waals surface area contributed by atoms with Crippen LogP contribution in [-0.2, 0) is 4.79 Å². The number of halogens is 1. The Labute approximate surface area is 139 Å². The lowest BCUT2D eigenvalue weighted by atomic mass is 9.84. The van der Waals surface area contributed by atoms with Gasteiger partial charge >= 0.3 is 0 Å². The fraction of sp³-hybridized carbons (Fsp3) is 0.588. The second-order valence-electron chi connectivity index (χ2n) is 5.91. The van der Waals surface area contributed by atoms with Crippen LogP contribution in [0.4, 0.5) is 0 Å². The molecule has 1 atom stereocenters. The Kier molecular flexibility index (Phi) is 8.28. The molecule has 1 unspecified atom stereocenters. The van der Waals surface area contributed by atoms with Crippen LogP contribution in [0.25, 0.3) is 0 Å². The van der Waals surface area contributed by atoms with E-state index in [1.165, 1.54) is 32.1 Å². The van der Waals surface area contributed by atoms with Gasteiger partial charge in [-0.15, -0.1) is 12.4 Å². The number of nitrogens with two attached hydrogens (primary N) is 1. The Morgan fingerprint density at radius 2 is 2.09 bits per heavy atom. The highest BCUT2D eigenvalue weighted by molar-refractivity contribution is 5.85. The minimum absolute atomic E-state index is 0. The molecule has 0 radical (unpaired) electrons. The lowest BCUT2D eigenvalue weighted by Gasteiger charge is -2.30. The number of ether oxygens (including phenoxy) is 1. The minimum Gasteiger partial charge on any atom is -0.484 e. The molecule has 0 heterocycles. The number of hydrogen-bond acceptors (Lipinski definition) is 3. The predicted octanol–water partition coefficient (Wildman–Crippen LogP) is 2.82. The van der Waals surface area contributed by atoms with E-state index in [0.29, 0.717) is 12.5 Å². The van der Waals surface area contributed by atoms with Gasteiger partial charge in [-0.05, 0) is 43.4 Å². The summed E-state index contributed by atoms with van der Waals surface area (Å²) in [6.45, 7) is 2.55. The lowest BCUT2D eigenvalue weighted by molar-refractivity contribution is -0.124. The predicted molar refractivity (Wildman–Crippen MR) is 91.5 cm³/mol. The molecule has 1 aromatic carbocycles. The van der Waals surface area contributed by atoms with E-state index in [2.05, 4.69) is 5.32 Å². The van der Waals surface area contributed by atoms with Crippen LogP contribution in [-0.4, -0.2) is 25.1 Å². The van der Waals surface area contributed by atoms with Crippen molar-refractivity contribution in [1.82, 2.24) is 5.32 Å². The van der Waals surface area contributed by atoms with Crippen molar-refractivity contribution >= 4 is 18.3 Å². The molecule has 0 spiro atoms. The van der Waals surface area contributed by atoms with Gasteiger partial charge in [-0.1, -0.05) is 31.4 Å². The molecule has 0 aromatic heterocycles. The van der Waals surface area contributed by atoms with Crippen LogP contribution in [0.15, 0.2) is 24.3 Å². The topological polar surface area (TPSA) is 64.3 Å². The number of carbonyl (C=O) groups excluding carboxylic acids is 1. The molecule has 1 aliphatic carbocycles. The van der Waals surface area contributed by atoms with Crippen LogP contribution in [0.5, 0.6) is 5.75 Å². The molecular formula is C17H27ClN2O2. The van der Waals surface area contributed by atoms with Gasteiger partial charge in [-0.25, -0.2) is 0 Å². The fourth-order valence-electron chi connectivity index (χ4n) is 3.01. The molecule has 1 saturated carbocycles. The summed E-state index contributed by atoms with van der Waals surface area (Å²) < 4.78 is 5.53. The molecule has 4 nitrogen and oxygen atoms in total. The van der Waals surface area contributed by atoms with E-state index in [9.17, 15) is 4.79 Å². The number of nitrogens with one attached hydrogen (secondary N) is 1. The van der Waals surface area contributed by atoms with E-state index in [1.54, 1.807) is 0 Å².